The fourth-order valence-corrected chi connectivity index (χ4v) is 3.05. The third kappa shape index (κ3) is 3.95. The van der Waals surface area contributed by atoms with E-state index in [4.69, 9.17) is 5.11 Å². The van der Waals surface area contributed by atoms with Crippen LogP contribution in [0.4, 0.5) is 5.69 Å². The molecule has 0 amide bonds. The first-order valence-electron chi connectivity index (χ1n) is 6.71. The van der Waals surface area contributed by atoms with E-state index in [9.17, 15) is 13.2 Å². The molecule has 0 heterocycles. The molecule has 0 aromatic heterocycles. The largest absolute Gasteiger partial charge is 0.481 e. The van der Waals surface area contributed by atoms with Gasteiger partial charge in [0.15, 0.2) is 0 Å². The van der Waals surface area contributed by atoms with E-state index in [1.807, 2.05) is 6.92 Å². The Labute approximate surface area is 126 Å². The number of carbonyl (C=O) groups is 1. The smallest absolute Gasteiger partial charge is 0.308 e. The van der Waals surface area contributed by atoms with Crippen molar-refractivity contribution in [3.63, 3.8) is 0 Å². The molecule has 0 radical (unpaired) electrons. The monoisotopic (exact) mass is 314 g/mol. The number of para-hydroxylation sites is 1. The Kier molecular flexibility index (Phi) is 5.74. The quantitative estimate of drug-likeness (QED) is 0.825. The zero-order chi connectivity index (χ0) is 16.2. The molecule has 1 atom stereocenters. The molecule has 0 bridgehead atoms. The van der Waals surface area contributed by atoms with Crippen molar-refractivity contribution in [3.8, 4) is 0 Å². The molecule has 0 saturated heterocycles. The number of carboxylic acid groups (broad SMARTS) is 1. The first kappa shape index (κ1) is 17.5. The summed E-state index contributed by atoms with van der Waals surface area (Å²) in [6.45, 7) is 4.26. The van der Waals surface area contributed by atoms with Gasteiger partial charge in [0.25, 0.3) is 0 Å². The van der Waals surface area contributed by atoms with Crippen LogP contribution in [-0.2, 0) is 14.8 Å². The predicted molar refractivity (Wildman–Crippen MR) is 82.0 cm³/mol. The fraction of sp³-hybridized carbons (Fsp3) is 0.500. The third-order valence-corrected chi connectivity index (χ3v) is 5.12. The van der Waals surface area contributed by atoms with Gasteiger partial charge in [-0.2, -0.15) is 0 Å². The Balaban J connectivity index is 3.26. The van der Waals surface area contributed by atoms with Crippen molar-refractivity contribution in [2.24, 2.45) is 5.92 Å². The lowest BCUT2D eigenvalue weighted by atomic mass is 10.1. The van der Waals surface area contributed by atoms with Gasteiger partial charge in [-0.1, -0.05) is 19.1 Å². The standard InChI is InChI=1S/C14H22N2O4S/c1-5-16(10-11(2)14(17)18)12-8-6-7-9-13(12)21(19,20)15(3)4/h6-9,11H,5,10H2,1-4H3,(H,17,18). The predicted octanol–water partition coefficient (Wildman–Crippen LogP) is 1.48. The van der Waals surface area contributed by atoms with Crippen LogP contribution >= 0.6 is 0 Å². The molecule has 0 aliphatic carbocycles. The fourth-order valence-electron chi connectivity index (χ4n) is 1.94. The van der Waals surface area contributed by atoms with Gasteiger partial charge in [-0.3, -0.25) is 4.79 Å². The maximum absolute atomic E-state index is 12.4. The van der Waals surface area contributed by atoms with E-state index in [1.165, 1.54) is 14.1 Å². The number of aliphatic carboxylic acids is 1. The lowest BCUT2D eigenvalue weighted by molar-refractivity contribution is -0.140. The van der Waals surface area contributed by atoms with Crippen molar-refractivity contribution in [1.29, 1.82) is 0 Å². The molecular formula is C14H22N2O4S. The molecular weight excluding hydrogens is 292 g/mol. The molecule has 0 fully saturated rings. The number of hydrogen-bond donors (Lipinski definition) is 1. The van der Waals surface area contributed by atoms with Gasteiger partial charge in [-0.25, -0.2) is 12.7 Å². The maximum Gasteiger partial charge on any atom is 0.308 e. The molecule has 0 aliphatic rings. The number of benzene rings is 1. The average Bonchev–Trinajstić information content (AvgIpc) is 2.44. The molecule has 1 N–H and O–H groups in total. The molecule has 1 aromatic carbocycles. The van der Waals surface area contributed by atoms with Crippen LogP contribution in [0.2, 0.25) is 0 Å². The number of nitrogens with zero attached hydrogens (tertiary/aromatic N) is 2. The van der Waals surface area contributed by atoms with Crippen molar-refractivity contribution >= 4 is 21.7 Å². The Morgan fingerprint density at radius 1 is 1.29 bits per heavy atom. The van der Waals surface area contributed by atoms with Gasteiger partial charge in [0.2, 0.25) is 10.0 Å². The van der Waals surface area contributed by atoms with E-state index in [2.05, 4.69) is 0 Å². The highest BCUT2D eigenvalue weighted by Crippen LogP contribution is 2.27. The molecule has 0 saturated carbocycles. The summed E-state index contributed by atoms with van der Waals surface area (Å²) in [5, 5.41) is 9.04. The topological polar surface area (TPSA) is 77.9 Å². The minimum absolute atomic E-state index is 0.189. The lowest BCUT2D eigenvalue weighted by Crippen LogP contribution is -2.33. The molecule has 0 spiro atoms. The number of hydrogen-bond acceptors (Lipinski definition) is 4. The van der Waals surface area contributed by atoms with Crippen LogP contribution in [0.1, 0.15) is 13.8 Å². The molecule has 21 heavy (non-hydrogen) atoms. The van der Waals surface area contributed by atoms with Gasteiger partial charge in [0.1, 0.15) is 4.90 Å². The second kappa shape index (κ2) is 6.91. The number of anilines is 1. The van der Waals surface area contributed by atoms with Gasteiger partial charge in [-0.15, -0.1) is 0 Å². The van der Waals surface area contributed by atoms with Crippen molar-refractivity contribution in [1.82, 2.24) is 4.31 Å². The van der Waals surface area contributed by atoms with E-state index in [-0.39, 0.29) is 11.4 Å². The summed E-state index contributed by atoms with van der Waals surface area (Å²) in [4.78, 5) is 13.0. The summed E-state index contributed by atoms with van der Waals surface area (Å²) in [6, 6.07) is 6.65. The highest BCUT2D eigenvalue weighted by molar-refractivity contribution is 7.89. The molecule has 7 heteroatoms. The van der Waals surface area contributed by atoms with Crippen LogP contribution in [0, 0.1) is 5.92 Å². The molecule has 1 unspecified atom stereocenters. The molecule has 6 nitrogen and oxygen atoms in total. The molecule has 0 aliphatic heterocycles. The SMILES string of the molecule is CCN(CC(C)C(=O)O)c1ccccc1S(=O)(=O)N(C)C. The van der Waals surface area contributed by atoms with Crippen LogP contribution in [0.25, 0.3) is 0 Å². The zero-order valence-electron chi connectivity index (χ0n) is 12.8. The Morgan fingerprint density at radius 2 is 1.86 bits per heavy atom. The van der Waals surface area contributed by atoms with Crippen LogP contribution < -0.4 is 4.90 Å². The van der Waals surface area contributed by atoms with E-state index < -0.39 is 21.9 Å². The van der Waals surface area contributed by atoms with Crippen LogP contribution in [0.15, 0.2) is 29.2 Å². The van der Waals surface area contributed by atoms with Gasteiger partial charge in [0.05, 0.1) is 11.6 Å². The Hall–Kier alpha value is -1.60. The van der Waals surface area contributed by atoms with Crippen molar-refractivity contribution in [2.75, 3.05) is 32.1 Å². The van der Waals surface area contributed by atoms with Crippen LogP contribution in [-0.4, -0.2) is 51.0 Å². The third-order valence-electron chi connectivity index (χ3n) is 3.26. The summed E-state index contributed by atoms with van der Waals surface area (Å²) >= 11 is 0. The van der Waals surface area contributed by atoms with Crippen LogP contribution in [0.5, 0.6) is 0 Å². The van der Waals surface area contributed by atoms with Crippen molar-refractivity contribution < 1.29 is 18.3 Å². The van der Waals surface area contributed by atoms with E-state index in [0.717, 1.165) is 4.31 Å². The summed E-state index contributed by atoms with van der Waals surface area (Å²) in [6.07, 6.45) is 0. The van der Waals surface area contributed by atoms with Gasteiger partial charge in [0, 0.05) is 27.2 Å². The van der Waals surface area contributed by atoms with Gasteiger partial charge in [-0.05, 0) is 19.1 Å². The highest BCUT2D eigenvalue weighted by Gasteiger charge is 2.24. The minimum Gasteiger partial charge on any atom is -0.481 e. The number of carboxylic acids is 1. The summed E-state index contributed by atoms with van der Waals surface area (Å²) < 4.78 is 25.9. The van der Waals surface area contributed by atoms with E-state index in [0.29, 0.717) is 12.2 Å². The normalized spacial score (nSPS) is 13.2. The number of sulfonamides is 1. The highest BCUT2D eigenvalue weighted by atomic mass is 32.2. The molecule has 1 aromatic rings. The Morgan fingerprint density at radius 3 is 2.33 bits per heavy atom. The van der Waals surface area contributed by atoms with Crippen molar-refractivity contribution in [2.45, 2.75) is 18.7 Å². The number of rotatable bonds is 7. The average molecular weight is 314 g/mol. The lowest BCUT2D eigenvalue weighted by Gasteiger charge is -2.27. The Bertz CT molecular complexity index is 599. The minimum atomic E-state index is -3.57. The maximum atomic E-state index is 12.4. The first-order chi connectivity index (χ1) is 9.71. The van der Waals surface area contributed by atoms with E-state index >= 15 is 0 Å². The van der Waals surface area contributed by atoms with E-state index in [1.54, 1.807) is 36.1 Å². The van der Waals surface area contributed by atoms with Gasteiger partial charge >= 0.3 is 5.97 Å². The first-order valence-corrected chi connectivity index (χ1v) is 8.15. The summed E-state index contributed by atoms with van der Waals surface area (Å²) in [7, 11) is -0.626. The summed E-state index contributed by atoms with van der Waals surface area (Å²) in [5.74, 6) is -1.48. The zero-order valence-corrected chi connectivity index (χ0v) is 13.6. The second-order valence-electron chi connectivity index (χ2n) is 5.03. The van der Waals surface area contributed by atoms with Crippen molar-refractivity contribution in [3.05, 3.63) is 24.3 Å². The summed E-state index contributed by atoms with van der Waals surface area (Å²) in [5.41, 5.74) is 0.529. The second-order valence-corrected chi connectivity index (χ2v) is 7.15. The van der Waals surface area contributed by atoms with Gasteiger partial charge < -0.3 is 10.0 Å². The molecule has 118 valence electrons. The van der Waals surface area contributed by atoms with Crippen LogP contribution in [0.3, 0.4) is 0 Å². The molecule has 1 rings (SSSR count).